The number of benzene rings is 2. The number of hydrogen-bond donors (Lipinski definition) is 3. The fourth-order valence-electron chi connectivity index (χ4n) is 1.60. The molecule has 0 radical (unpaired) electrons. The third kappa shape index (κ3) is 2.66. The molecule has 0 aliphatic carbocycles. The van der Waals surface area contributed by atoms with Crippen LogP contribution in [0.15, 0.2) is 30.3 Å². The first-order valence-electron chi connectivity index (χ1n) is 5.43. The van der Waals surface area contributed by atoms with Gasteiger partial charge < -0.3 is 16.2 Å². The van der Waals surface area contributed by atoms with E-state index in [1.807, 2.05) is 0 Å². The van der Waals surface area contributed by atoms with Crippen LogP contribution in [-0.2, 0) is 0 Å². The number of anilines is 3. The monoisotopic (exact) mass is 282 g/mol. The first kappa shape index (κ1) is 13.7. The first-order valence-corrected chi connectivity index (χ1v) is 5.43. The lowest BCUT2D eigenvalue weighted by Crippen LogP contribution is -2.03. The molecule has 0 aliphatic heterocycles. The lowest BCUT2D eigenvalue weighted by atomic mass is 10.1. The van der Waals surface area contributed by atoms with Gasteiger partial charge in [-0.25, -0.2) is 18.0 Å². The SMILES string of the molecule is Nc1cc(C(=O)O)ccc1Nc1cc(F)cc(F)c1F. The third-order valence-corrected chi connectivity index (χ3v) is 2.56. The molecule has 0 spiro atoms. The lowest BCUT2D eigenvalue weighted by Gasteiger charge is -2.11. The standard InChI is InChI=1S/C13H9F3N2O2/c14-7-4-8(15)12(16)11(5-7)18-10-2-1-6(13(19)20)3-9(10)17/h1-5,18H,17H2,(H,19,20). The summed E-state index contributed by atoms with van der Waals surface area (Å²) in [4.78, 5) is 10.7. The minimum Gasteiger partial charge on any atom is -0.478 e. The Morgan fingerprint density at radius 2 is 1.80 bits per heavy atom. The van der Waals surface area contributed by atoms with E-state index >= 15 is 0 Å². The second kappa shape index (κ2) is 5.12. The van der Waals surface area contributed by atoms with E-state index in [1.54, 1.807) is 0 Å². The summed E-state index contributed by atoms with van der Waals surface area (Å²) < 4.78 is 39.5. The summed E-state index contributed by atoms with van der Waals surface area (Å²) in [6.07, 6.45) is 0. The number of halogens is 3. The van der Waals surface area contributed by atoms with Gasteiger partial charge in [0, 0.05) is 12.1 Å². The van der Waals surface area contributed by atoms with Gasteiger partial charge in [0.15, 0.2) is 11.6 Å². The van der Waals surface area contributed by atoms with Crippen LogP contribution in [0.4, 0.5) is 30.2 Å². The number of carbonyl (C=O) groups is 1. The molecule has 0 atom stereocenters. The molecule has 2 aromatic carbocycles. The molecule has 2 aromatic rings. The minimum atomic E-state index is -1.34. The number of carboxylic acids is 1. The number of nitrogens with one attached hydrogen (secondary N) is 1. The molecule has 7 heteroatoms. The highest BCUT2D eigenvalue weighted by Crippen LogP contribution is 2.27. The predicted molar refractivity (Wildman–Crippen MR) is 67.4 cm³/mol. The summed E-state index contributed by atoms with van der Waals surface area (Å²) in [6, 6.07) is 4.84. The molecule has 0 fully saturated rings. The van der Waals surface area contributed by atoms with Crippen molar-refractivity contribution in [2.75, 3.05) is 11.1 Å². The van der Waals surface area contributed by atoms with Gasteiger partial charge in [-0.2, -0.15) is 0 Å². The van der Waals surface area contributed by atoms with Gasteiger partial charge in [0.2, 0.25) is 0 Å². The highest BCUT2D eigenvalue weighted by Gasteiger charge is 2.13. The van der Waals surface area contributed by atoms with Crippen LogP contribution < -0.4 is 11.1 Å². The molecule has 2 rings (SSSR count). The molecule has 0 saturated carbocycles. The zero-order valence-electron chi connectivity index (χ0n) is 9.95. The van der Waals surface area contributed by atoms with Crippen molar-refractivity contribution in [3.05, 3.63) is 53.3 Å². The Kier molecular flexibility index (Phi) is 3.51. The van der Waals surface area contributed by atoms with Crippen molar-refractivity contribution in [2.45, 2.75) is 0 Å². The van der Waals surface area contributed by atoms with Crippen LogP contribution in [-0.4, -0.2) is 11.1 Å². The molecule has 0 saturated heterocycles. The van der Waals surface area contributed by atoms with Crippen LogP contribution >= 0.6 is 0 Å². The largest absolute Gasteiger partial charge is 0.478 e. The quantitative estimate of drug-likeness (QED) is 0.597. The summed E-state index contributed by atoms with van der Waals surface area (Å²) in [7, 11) is 0. The van der Waals surface area contributed by atoms with Gasteiger partial charge in [-0.1, -0.05) is 0 Å². The molecule has 0 aliphatic rings. The molecule has 4 nitrogen and oxygen atoms in total. The van der Waals surface area contributed by atoms with E-state index < -0.39 is 29.1 Å². The lowest BCUT2D eigenvalue weighted by molar-refractivity contribution is 0.0697. The molecule has 4 N–H and O–H groups in total. The molecule has 0 heterocycles. The smallest absolute Gasteiger partial charge is 0.335 e. The average molecular weight is 282 g/mol. The Bertz CT molecular complexity index is 690. The van der Waals surface area contributed by atoms with Crippen molar-refractivity contribution in [2.24, 2.45) is 0 Å². The normalized spacial score (nSPS) is 10.3. The van der Waals surface area contributed by atoms with E-state index in [4.69, 9.17) is 10.8 Å². The van der Waals surface area contributed by atoms with Crippen LogP contribution in [0.25, 0.3) is 0 Å². The number of carboxylic acid groups (broad SMARTS) is 1. The zero-order chi connectivity index (χ0) is 14.9. The Balaban J connectivity index is 2.38. The third-order valence-electron chi connectivity index (χ3n) is 2.56. The molecule has 0 aromatic heterocycles. The van der Waals surface area contributed by atoms with Gasteiger partial charge >= 0.3 is 5.97 Å². The fourth-order valence-corrected chi connectivity index (χ4v) is 1.60. The summed E-state index contributed by atoms with van der Waals surface area (Å²) >= 11 is 0. The van der Waals surface area contributed by atoms with E-state index in [0.29, 0.717) is 6.07 Å². The van der Waals surface area contributed by atoms with E-state index in [1.165, 1.54) is 12.1 Å². The molecule has 0 unspecified atom stereocenters. The van der Waals surface area contributed by atoms with Crippen molar-refractivity contribution in [1.29, 1.82) is 0 Å². The van der Waals surface area contributed by atoms with Crippen LogP contribution in [0.5, 0.6) is 0 Å². The molecule has 0 amide bonds. The predicted octanol–water partition coefficient (Wildman–Crippen LogP) is 3.13. The van der Waals surface area contributed by atoms with Crippen molar-refractivity contribution in [3.63, 3.8) is 0 Å². The number of hydrogen-bond acceptors (Lipinski definition) is 3. The number of aromatic carboxylic acids is 1. The van der Waals surface area contributed by atoms with Crippen molar-refractivity contribution in [3.8, 4) is 0 Å². The maximum absolute atomic E-state index is 13.5. The zero-order valence-corrected chi connectivity index (χ0v) is 9.95. The van der Waals surface area contributed by atoms with Gasteiger partial charge in [-0.3, -0.25) is 0 Å². The van der Waals surface area contributed by atoms with Gasteiger partial charge in [0.25, 0.3) is 0 Å². The van der Waals surface area contributed by atoms with Gasteiger partial charge in [-0.15, -0.1) is 0 Å². The average Bonchev–Trinajstić information content (AvgIpc) is 2.37. The van der Waals surface area contributed by atoms with E-state index in [2.05, 4.69) is 5.32 Å². The van der Waals surface area contributed by atoms with E-state index in [0.717, 1.165) is 12.1 Å². The second-order valence-corrected chi connectivity index (χ2v) is 3.98. The number of nitrogens with two attached hydrogens (primary N) is 1. The Morgan fingerprint density at radius 3 is 2.40 bits per heavy atom. The Labute approximate surface area is 111 Å². The second-order valence-electron chi connectivity index (χ2n) is 3.98. The molecule has 104 valence electrons. The Hall–Kier alpha value is -2.70. The topological polar surface area (TPSA) is 75.4 Å². The summed E-state index contributed by atoms with van der Waals surface area (Å²) in [5.74, 6) is -4.72. The van der Waals surface area contributed by atoms with Gasteiger partial charge in [-0.05, 0) is 18.2 Å². The van der Waals surface area contributed by atoms with Crippen LogP contribution in [0.1, 0.15) is 10.4 Å². The molecular formula is C13H9F3N2O2. The highest BCUT2D eigenvalue weighted by atomic mass is 19.2. The number of nitrogen functional groups attached to an aromatic ring is 1. The minimum absolute atomic E-state index is 0.00830. The number of rotatable bonds is 3. The van der Waals surface area contributed by atoms with Crippen molar-refractivity contribution >= 4 is 23.0 Å². The van der Waals surface area contributed by atoms with E-state index in [9.17, 15) is 18.0 Å². The summed E-state index contributed by atoms with van der Waals surface area (Å²) in [5.41, 5.74) is 5.25. The first-order chi connectivity index (χ1) is 9.38. The summed E-state index contributed by atoms with van der Waals surface area (Å²) in [6.45, 7) is 0. The fraction of sp³-hybridized carbons (Fsp3) is 0. The molecule has 20 heavy (non-hydrogen) atoms. The Morgan fingerprint density at radius 1 is 1.10 bits per heavy atom. The molecular weight excluding hydrogens is 273 g/mol. The highest BCUT2D eigenvalue weighted by molar-refractivity contribution is 5.90. The van der Waals surface area contributed by atoms with Crippen LogP contribution in [0.2, 0.25) is 0 Å². The van der Waals surface area contributed by atoms with Gasteiger partial charge in [0.1, 0.15) is 5.82 Å². The van der Waals surface area contributed by atoms with Gasteiger partial charge in [0.05, 0.1) is 22.6 Å². The summed E-state index contributed by atoms with van der Waals surface area (Å²) in [5, 5.41) is 11.2. The van der Waals surface area contributed by atoms with E-state index in [-0.39, 0.29) is 16.9 Å². The van der Waals surface area contributed by atoms with Crippen molar-refractivity contribution < 1.29 is 23.1 Å². The van der Waals surface area contributed by atoms with Crippen LogP contribution in [0, 0.1) is 17.5 Å². The van der Waals surface area contributed by atoms with Crippen LogP contribution in [0.3, 0.4) is 0 Å². The maximum atomic E-state index is 13.5. The maximum Gasteiger partial charge on any atom is 0.335 e. The molecule has 0 bridgehead atoms. The van der Waals surface area contributed by atoms with Crippen molar-refractivity contribution in [1.82, 2.24) is 0 Å².